The molecule has 1 heterocycles. The molecule has 0 spiro atoms. The monoisotopic (exact) mass is 407 g/mol. The van der Waals surface area contributed by atoms with Gasteiger partial charge in [-0.15, -0.1) is 0 Å². The fraction of sp³-hybridized carbons (Fsp3) is 0. The van der Waals surface area contributed by atoms with Gasteiger partial charge in [0.05, 0.1) is 11.6 Å². The summed E-state index contributed by atoms with van der Waals surface area (Å²) in [5.74, 6) is 0. The van der Waals surface area contributed by atoms with E-state index in [1.165, 1.54) is 0 Å². The van der Waals surface area contributed by atoms with Gasteiger partial charge in [-0.3, -0.25) is 0 Å². The first-order valence-corrected chi connectivity index (χ1v) is 9.73. The van der Waals surface area contributed by atoms with Gasteiger partial charge in [0.2, 0.25) is 0 Å². The Balaban J connectivity index is 1.73. The predicted molar refractivity (Wildman–Crippen MR) is 118 cm³/mol. The Morgan fingerprint density at radius 3 is 2.10 bits per heavy atom. The maximum absolute atomic E-state index is 9.33. The van der Waals surface area contributed by atoms with E-state index in [2.05, 4.69) is 16.4 Å². The van der Waals surface area contributed by atoms with Crippen molar-refractivity contribution in [3.05, 3.63) is 95.5 Å². The first-order valence-electron chi connectivity index (χ1n) is 9.36. The molecule has 0 amide bonds. The van der Waals surface area contributed by atoms with Crippen LogP contribution in [0.15, 0.2) is 89.6 Å². The topological polar surface area (TPSA) is 62.7 Å². The van der Waals surface area contributed by atoms with Crippen molar-refractivity contribution in [1.29, 1.82) is 5.26 Å². The van der Waals surface area contributed by atoms with Crippen LogP contribution in [0.4, 0.5) is 0 Å². The molecular weight excluding hydrogens is 394 g/mol. The minimum Gasteiger partial charge on any atom is -0.243 e. The summed E-state index contributed by atoms with van der Waals surface area (Å²) in [7, 11) is 0. The second-order valence-electron chi connectivity index (χ2n) is 6.87. The molecular formula is C25H14ClN3O. The molecule has 0 aliphatic heterocycles. The molecule has 5 rings (SSSR count). The van der Waals surface area contributed by atoms with Crippen molar-refractivity contribution in [2.75, 3.05) is 0 Å². The van der Waals surface area contributed by atoms with E-state index in [1.807, 2.05) is 78.9 Å². The molecule has 0 radical (unpaired) electrons. The standard InChI is InChI=1S/C25H14ClN3O/c26-19-13-16(15-27)12-18(14-19)20-8-4-5-9-22(20)23-11-10-21(17-6-2-1-3-7-17)24-25(23)29-30-28-24/h1-14H. The highest BCUT2D eigenvalue weighted by molar-refractivity contribution is 6.31. The maximum atomic E-state index is 9.33. The lowest BCUT2D eigenvalue weighted by atomic mass is 9.91. The van der Waals surface area contributed by atoms with Crippen LogP contribution in [-0.4, -0.2) is 10.3 Å². The molecule has 4 nitrogen and oxygen atoms in total. The average Bonchev–Trinajstić information content (AvgIpc) is 3.28. The van der Waals surface area contributed by atoms with Gasteiger partial charge in [-0.2, -0.15) is 5.26 Å². The molecule has 0 N–H and O–H groups in total. The molecule has 5 aromatic rings. The fourth-order valence-electron chi connectivity index (χ4n) is 3.71. The van der Waals surface area contributed by atoms with Gasteiger partial charge in [-0.25, -0.2) is 4.63 Å². The van der Waals surface area contributed by atoms with Gasteiger partial charge in [-0.05, 0) is 50.8 Å². The number of fused-ring (bicyclic) bond motifs is 1. The van der Waals surface area contributed by atoms with Crippen molar-refractivity contribution < 1.29 is 4.63 Å². The van der Waals surface area contributed by atoms with Crippen molar-refractivity contribution in [2.45, 2.75) is 0 Å². The van der Waals surface area contributed by atoms with Gasteiger partial charge in [0.1, 0.15) is 11.0 Å². The predicted octanol–water partition coefficient (Wildman–Crippen LogP) is 6.75. The lowest BCUT2D eigenvalue weighted by Gasteiger charge is -2.12. The van der Waals surface area contributed by atoms with Gasteiger partial charge in [0.25, 0.3) is 0 Å². The Bertz CT molecular complexity index is 1420. The third-order valence-corrected chi connectivity index (χ3v) is 5.27. The molecule has 4 aromatic carbocycles. The summed E-state index contributed by atoms with van der Waals surface area (Å²) in [6, 6.07) is 29.6. The van der Waals surface area contributed by atoms with Crippen LogP contribution in [0.1, 0.15) is 5.56 Å². The highest BCUT2D eigenvalue weighted by Gasteiger charge is 2.17. The van der Waals surface area contributed by atoms with E-state index >= 15 is 0 Å². The minimum atomic E-state index is 0.514. The van der Waals surface area contributed by atoms with E-state index < -0.39 is 0 Å². The molecule has 0 atom stereocenters. The summed E-state index contributed by atoms with van der Waals surface area (Å²) >= 11 is 6.25. The largest absolute Gasteiger partial charge is 0.243 e. The zero-order valence-electron chi connectivity index (χ0n) is 15.7. The van der Waals surface area contributed by atoms with Crippen LogP contribution in [0.25, 0.3) is 44.4 Å². The van der Waals surface area contributed by atoms with Crippen molar-refractivity contribution in [2.24, 2.45) is 0 Å². The molecule has 0 aliphatic carbocycles. The van der Waals surface area contributed by atoms with Crippen LogP contribution in [0, 0.1) is 11.3 Å². The van der Waals surface area contributed by atoms with Crippen LogP contribution in [0.2, 0.25) is 5.02 Å². The Hall–Kier alpha value is -3.94. The SMILES string of the molecule is N#Cc1cc(Cl)cc(-c2ccccc2-c2ccc(-c3ccccc3)c3nonc23)c1. The number of nitriles is 1. The Morgan fingerprint density at radius 1 is 0.667 bits per heavy atom. The average molecular weight is 408 g/mol. The number of hydrogen-bond acceptors (Lipinski definition) is 4. The van der Waals surface area contributed by atoms with E-state index in [1.54, 1.807) is 6.07 Å². The maximum Gasteiger partial charge on any atom is 0.143 e. The molecule has 0 fully saturated rings. The number of rotatable bonds is 3. The van der Waals surface area contributed by atoms with Crippen molar-refractivity contribution in [1.82, 2.24) is 10.3 Å². The second-order valence-corrected chi connectivity index (χ2v) is 7.31. The number of nitrogens with zero attached hydrogens (tertiary/aromatic N) is 3. The first kappa shape index (κ1) is 18.1. The molecule has 0 saturated heterocycles. The van der Waals surface area contributed by atoms with Crippen LogP contribution in [0.3, 0.4) is 0 Å². The Morgan fingerprint density at radius 2 is 1.33 bits per heavy atom. The number of hydrogen-bond donors (Lipinski definition) is 0. The summed E-state index contributed by atoms with van der Waals surface area (Å²) in [6.45, 7) is 0. The van der Waals surface area contributed by atoms with Gasteiger partial charge >= 0.3 is 0 Å². The lowest BCUT2D eigenvalue weighted by Crippen LogP contribution is -1.89. The van der Waals surface area contributed by atoms with Crippen molar-refractivity contribution in [3.8, 4) is 39.4 Å². The highest BCUT2D eigenvalue weighted by atomic mass is 35.5. The van der Waals surface area contributed by atoms with Crippen LogP contribution < -0.4 is 0 Å². The summed E-state index contributed by atoms with van der Waals surface area (Å²) < 4.78 is 5.13. The van der Waals surface area contributed by atoms with Gasteiger partial charge in [0.15, 0.2) is 0 Å². The number of benzene rings is 4. The van der Waals surface area contributed by atoms with E-state index in [4.69, 9.17) is 16.2 Å². The summed E-state index contributed by atoms with van der Waals surface area (Å²) in [4.78, 5) is 0. The molecule has 0 bridgehead atoms. The van der Waals surface area contributed by atoms with Crippen LogP contribution >= 0.6 is 11.6 Å². The summed E-state index contributed by atoms with van der Waals surface area (Å²) in [5, 5.41) is 18.2. The zero-order chi connectivity index (χ0) is 20.5. The molecule has 0 unspecified atom stereocenters. The van der Waals surface area contributed by atoms with Gasteiger partial charge < -0.3 is 0 Å². The first-order chi connectivity index (χ1) is 14.7. The number of halogens is 1. The molecule has 5 heteroatoms. The Kier molecular flexibility index (Phi) is 4.51. The summed E-state index contributed by atoms with van der Waals surface area (Å²) in [6.07, 6.45) is 0. The third kappa shape index (κ3) is 3.12. The van der Waals surface area contributed by atoms with Crippen LogP contribution in [0.5, 0.6) is 0 Å². The van der Waals surface area contributed by atoms with E-state index in [-0.39, 0.29) is 0 Å². The second kappa shape index (κ2) is 7.47. The lowest BCUT2D eigenvalue weighted by molar-refractivity contribution is 0.315. The van der Waals surface area contributed by atoms with Crippen LogP contribution in [-0.2, 0) is 0 Å². The quantitative estimate of drug-likeness (QED) is 0.332. The molecule has 142 valence electrons. The van der Waals surface area contributed by atoms with E-state index in [0.29, 0.717) is 21.6 Å². The minimum absolute atomic E-state index is 0.514. The fourth-order valence-corrected chi connectivity index (χ4v) is 3.95. The Labute approximate surface area is 177 Å². The van der Waals surface area contributed by atoms with Crippen molar-refractivity contribution in [3.63, 3.8) is 0 Å². The summed E-state index contributed by atoms with van der Waals surface area (Å²) in [5.41, 5.74) is 7.60. The molecule has 30 heavy (non-hydrogen) atoms. The smallest absolute Gasteiger partial charge is 0.143 e. The van der Waals surface area contributed by atoms with Gasteiger partial charge in [0, 0.05) is 16.1 Å². The molecule has 0 saturated carbocycles. The zero-order valence-corrected chi connectivity index (χ0v) is 16.5. The molecule has 0 aliphatic rings. The molecule has 1 aromatic heterocycles. The highest BCUT2D eigenvalue weighted by Crippen LogP contribution is 2.39. The van der Waals surface area contributed by atoms with E-state index in [0.717, 1.165) is 33.4 Å². The van der Waals surface area contributed by atoms with Crippen molar-refractivity contribution >= 4 is 22.6 Å². The van der Waals surface area contributed by atoms with E-state index in [9.17, 15) is 5.26 Å². The number of aromatic nitrogens is 2. The normalized spacial score (nSPS) is 10.8. The van der Waals surface area contributed by atoms with Gasteiger partial charge in [-0.1, -0.05) is 78.3 Å². The third-order valence-electron chi connectivity index (χ3n) is 5.06.